The Morgan fingerprint density at radius 1 is 1.18 bits per heavy atom. The lowest BCUT2D eigenvalue weighted by Gasteiger charge is -2.23. The van der Waals surface area contributed by atoms with Crippen LogP contribution in [0.3, 0.4) is 0 Å². The lowest BCUT2D eigenvalue weighted by molar-refractivity contribution is 0.352. The van der Waals surface area contributed by atoms with Crippen LogP contribution >= 0.6 is 24.0 Å². The summed E-state index contributed by atoms with van der Waals surface area (Å²) in [5.41, 5.74) is 0.947. The molecule has 2 N–H and O–H groups in total. The van der Waals surface area contributed by atoms with E-state index >= 15 is 0 Å². The van der Waals surface area contributed by atoms with Crippen LogP contribution in [0.4, 0.5) is 0 Å². The van der Waals surface area contributed by atoms with E-state index in [4.69, 9.17) is 9.47 Å². The predicted octanol–water partition coefficient (Wildman–Crippen LogP) is 3.18. The molecule has 0 radical (unpaired) electrons. The van der Waals surface area contributed by atoms with Crippen LogP contribution in [0.15, 0.2) is 23.2 Å². The van der Waals surface area contributed by atoms with Gasteiger partial charge in [0.05, 0.1) is 20.8 Å². The number of halogens is 1. The van der Waals surface area contributed by atoms with E-state index in [0.29, 0.717) is 6.54 Å². The molecule has 0 fully saturated rings. The molecule has 0 aliphatic carbocycles. The van der Waals surface area contributed by atoms with Crippen LogP contribution in [-0.2, 0) is 6.54 Å². The van der Waals surface area contributed by atoms with Crippen molar-refractivity contribution in [2.45, 2.75) is 39.8 Å². The molecule has 0 atom stereocenters. The van der Waals surface area contributed by atoms with Crippen LogP contribution in [0.5, 0.6) is 11.5 Å². The van der Waals surface area contributed by atoms with E-state index < -0.39 is 0 Å². The van der Waals surface area contributed by atoms with E-state index in [0.717, 1.165) is 29.6 Å². The maximum atomic E-state index is 5.43. The van der Waals surface area contributed by atoms with Crippen LogP contribution in [0.1, 0.15) is 33.3 Å². The number of para-hydroxylation sites is 1. The lowest BCUT2D eigenvalue weighted by Crippen LogP contribution is -2.47. The van der Waals surface area contributed by atoms with Gasteiger partial charge in [0.15, 0.2) is 17.5 Å². The van der Waals surface area contributed by atoms with Crippen molar-refractivity contribution in [3.05, 3.63) is 23.8 Å². The average Bonchev–Trinajstić information content (AvgIpc) is 2.42. The summed E-state index contributed by atoms with van der Waals surface area (Å²) in [6.07, 6.45) is 0. The largest absolute Gasteiger partial charge is 0.493 e. The van der Waals surface area contributed by atoms with Crippen molar-refractivity contribution < 1.29 is 9.47 Å². The number of guanidine groups is 1. The summed E-state index contributed by atoms with van der Waals surface area (Å²) in [5.74, 6) is 2.24. The van der Waals surface area contributed by atoms with E-state index in [1.165, 1.54) is 0 Å². The van der Waals surface area contributed by atoms with Gasteiger partial charge in [-0.1, -0.05) is 12.1 Å². The Hall–Kier alpha value is -1.18. The molecule has 0 unspecified atom stereocenters. The van der Waals surface area contributed by atoms with Crippen molar-refractivity contribution in [2.24, 2.45) is 4.99 Å². The number of hydrogen-bond donors (Lipinski definition) is 2. The molecule has 0 bridgehead atoms. The van der Waals surface area contributed by atoms with Crippen LogP contribution in [0, 0.1) is 0 Å². The van der Waals surface area contributed by atoms with E-state index in [9.17, 15) is 0 Å². The van der Waals surface area contributed by atoms with Crippen molar-refractivity contribution in [1.29, 1.82) is 0 Å². The lowest BCUT2D eigenvalue weighted by atomic mass is 10.1. The minimum atomic E-state index is -0.0422. The van der Waals surface area contributed by atoms with Gasteiger partial charge in [-0.25, -0.2) is 4.99 Å². The molecule has 0 heterocycles. The van der Waals surface area contributed by atoms with Gasteiger partial charge in [-0.2, -0.15) is 0 Å². The fourth-order valence-corrected chi connectivity index (χ4v) is 1.90. The zero-order chi connectivity index (χ0) is 15.9. The second-order valence-electron chi connectivity index (χ2n) is 5.72. The zero-order valence-electron chi connectivity index (χ0n) is 14.3. The Balaban J connectivity index is 0.00000441. The van der Waals surface area contributed by atoms with Crippen molar-refractivity contribution >= 4 is 29.9 Å². The predicted molar refractivity (Wildman–Crippen MR) is 103 cm³/mol. The highest BCUT2D eigenvalue weighted by atomic mass is 127. The van der Waals surface area contributed by atoms with E-state index in [1.807, 2.05) is 25.1 Å². The van der Waals surface area contributed by atoms with Gasteiger partial charge in [-0.05, 0) is 33.8 Å². The summed E-state index contributed by atoms with van der Waals surface area (Å²) < 4.78 is 10.7. The molecule has 0 aliphatic heterocycles. The van der Waals surface area contributed by atoms with Crippen LogP contribution in [0.2, 0.25) is 0 Å². The molecule has 6 heteroatoms. The summed E-state index contributed by atoms with van der Waals surface area (Å²) >= 11 is 0. The molecule has 1 aromatic carbocycles. The van der Waals surface area contributed by atoms with E-state index in [-0.39, 0.29) is 29.5 Å². The fourth-order valence-electron chi connectivity index (χ4n) is 1.90. The first-order valence-corrected chi connectivity index (χ1v) is 7.17. The van der Waals surface area contributed by atoms with Gasteiger partial charge in [-0.15, -0.1) is 24.0 Å². The number of nitrogens with zero attached hydrogens (tertiary/aromatic N) is 1. The summed E-state index contributed by atoms with van der Waals surface area (Å²) in [6.45, 7) is 9.69. The van der Waals surface area contributed by atoms with Crippen molar-refractivity contribution in [1.82, 2.24) is 10.6 Å². The Bertz CT molecular complexity index is 485. The highest BCUT2D eigenvalue weighted by Gasteiger charge is 2.13. The van der Waals surface area contributed by atoms with Gasteiger partial charge in [-0.3, -0.25) is 0 Å². The topological polar surface area (TPSA) is 54.9 Å². The molecule has 0 saturated heterocycles. The summed E-state index contributed by atoms with van der Waals surface area (Å²) in [6, 6.07) is 5.81. The summed E-state index contributed by atoms with van der Waals surface area (Å²) in [4.78, 5) is 4.61. The minimum Gasteiger partial charge on any atom is -0.493 e. The van der Waals surface area contributed by atoms with Crippen LogP contribution in [0.25, 0.3) is 0 Å². The van der Waals surface area contributed by atoms with Crippen LogP contribution in [-0.4, -0.2) is 32.3 Å². The molecule has 5 nitrogen and oxygen atoms in total. The van der Waals surface area contributed by atoms with Gasteiger partial charge in [0, 0.05) is 17.6 Å². The first kappa shape index (κ1) is 20.8. The molecular formula is C16H28IN3O2. The number of ether oxygens (including phenoxy) is 2. The molecule has 0 aliphatic rings. The molecule has 22 heavy (non-hydrogen) atoms. The van der Waals surface area contributed by atoms with E-state index in [1.54, 1.807) is 14.2 Å². The fraction of sp³-hybridized carbons (Fsp3) is 0.562. The van der Waals surface area contributed by atoms with Crippen molar-refractivity contribution in [3.8, 4) is 11.5 Å². The van der Waals surface area contributed by atoms with Gasteiger partial charge in [0.1, 0.15) is 0 Å². The molecule has 0 aromatic heterocycles. The maximum Gasteiger partial charge on any atom is 0.191 e. The number of benzene rings is 1. The van der Waals surface area contributed by atoms with Crippen molar-refractivity contribution in [3.63, 3.8) is 0 Å². The van der Waals surface area contributed by atoms with Gasteiger partial charge in [0.2, 0.25) is 0 Å². The normalized spacial score (nSPS) is 11.5. The highest BCUT2D eigenvalue weighted by molar-refractivity contribution is 14.0. The second kappa shape index (κ2) is 9.76. The van der Waals surface area contributed by atoms with Gasteiger partial charge < -0.3 is 20.1 Å². The average molecular weight is 421 g/mol. The molecule has 1 aromatic rings. The quantitative estimate of drug-likeness (QED) is 0.436. The first-order chi connectivity index (χ1) is 9.91. The summed E-state index contributed by atoms with van der Waals surface area (Å²) in [7, 11) is 3.28. The Labute approximate surface area is 150 Å². The van der Waals surface area contributed by atoms with Crippen molar-refractivity contribution in [2.75, 3.05) is 20.8 Å². The van der Waals surface area contributed by atoms with Crippen LogP contribution < -0.4 is 20.1 Å². The number of methoxy groups -OCH3 is 2. The molecular weight excluding hydrogens is 393 g/mol. The maximum absolute atomic E-state index is 5.43. The number of aliphatic imine (C=N–C) groups is 1. The molecule has 0 spiro atoms. The summed E-state index contributed by atoms with van der Waals surface area (Å²) in [5, 5.41) is 6.60. The smallest absolute Gasteiger partial charge is 0.191 e. The number of hydrogen-bond acceptors (Lipinski definition) is 3. The highest BCUT2D eigenvalue weighted by Crippen LogP contribution is 2.31. The Morgan fingerprint density at radius 2 is 1.86 bits per heavy atom. The van der Waals surface area contributed by atoms with Gasteiger partial charge in [0.25, 0.3) is 0 Å². The Kier molecular flexibility index (Phi) is 9.24. The molecule has 126 valence electrons. The number of rotatable bonds is 5. The molecule has 0 amide bonds. The first-order valence-electron chi connectivity index (χ1n) is 7.17. The number of nitrogens with one attached hydrogen (secondary N) is 2. The minimum absolute atomic E-state index is 0. The van der Waals surface area contributed by atoms with Gasteiger partial charge >= 0.3 is 0 Å². The van der Waals surface area contributed by atoms with E-state index in [2.05, 4.69) is 36.4 Å². The monoisotopic (exact) mass is 421 g/mol. The third-order valence-electron chi connectivity index (χ3n) is 2.73. The third kappa shape index (κ3) is 6.72. The molecule has 0 saturated carbocycles. The third-order valence-corrected chi connectivity index (χ3v) is 2.73. The SMILES string of the molecule is CCNC(=NCc1cccc(OC)c1OC)NC(C)(C)C.I. The second-order valence-corrected chi connectivity index (χ2v) is 5.72. The standard InChI is InChI=1S/C16H27N3O2.HI/c1-7-17-15(19-16(2,3)4)18-11-12-9-8-10-13(20-5)14(12)21-6;/h8-10H,7,11H2,1-6H3,(H2,17,18,19);1H. The Morgan fingerprint density at radius 3 is 2.36 bits per heavy atom. The molecule has 1 rings (SSSR count). The zero-order valence-corrected chi connectivity index (χ0v) is 16.6.